The lowest BCUT2D eigenvalue weighted by Crippen LogP contribution is -2.31. The number of pyridine rings is 1. The number of amides is 1. The minimum absolute atomic E-state index is 0.0279. The van der Waals surface area contributed by atoms with Crippen LogP contribution in [0.15, 0.2) is 54.6 Å². The molecule has 31 heavy (non-hydrogen) atoms. The fraction of sp³-hybridized carbons (Fsp3) is 0.136. The first-order chi connectivity index (χ1) is 14.8. The van der Waals surface area contributed by atoms with Crippen LogP contribution in [0.3, 0.4) is 0 Å². The highest BCUT2D eigenvalue weighted by Gasteiger charge is 2.23. The summed E-state index contributed by atoms with van der Waals surface area (Å²) in [5, 5.41) is 11.5. The number of rotatable bonds is 7. The Morgan fingerprint density at radius 3 is 2.48 bits per heavy atom. The molecule has 3 rings (SSSR count). The summed E-state index contributed by atoms with van der Waals surface area (Å²) in [4.78, 5) is 28.3. The Labute approximate surface area is 181 Å². The van der Waals surface area contributed by atoms with E-state index in [0.29, 0.717) is 0 Å². The number of aromatic nitrogens is 1. The molecule has 1 aromatic heterocycles. The predicted molar refractivity (Wildman–Crippen MR) is 110 cm³/mol. The van der Waals surface area contributed by atoms with Gasteiger partial charge in [-0.25, -0.2) is 13.8 Å². The van der Waals surface area contributed by atoms with Gasteiger partial charge in [-0.3, -0.25) is 9.59 Å². The van der Waals surface area contributed by atoms with E-state index in [0.717, 1.165) is 0 Å². The molecular weight excluding hydrogens is 430 g/mol. The molecule has 2 N–H and O–H groups in total. The first-order valence-corrected chi connectivity index (χ1v) is 9.46. The second-order valence-corrected chi connectivity index (χ2v) is 6.87. The molecule has 0 spiro atoms. The molecule has 1 heterocycles. The van der Waals surface area contributed by atoms with Gasteiger partial charge in [0.1, 0.15) is 28.8 Å². The number of nitrogens with zero attached hydrogens (tertiary/aromatic N) is 1. The molecule has 0 saturated carbocycles. The summed E-state index contributed by atoms with van der Waals surface area (Å²) < 4.78 is 33.3. The van der Waals surface area contributed by atoms with E-state index in [1.165, 1.54) is 61.7 Å². The Morgan fingerprint density at radius 1 is 1.10 bits per heavy atom. The highest BCUT2D eigenvalue weighted by molar-refractivity contribution is 6.33. The zero-order chi connectivity index (χ0) is 22.5. The number of benzene rings is 2. The van der Waals surface area contributed by atoms with Gasteiger partial charge in [-0.1, -0.05) is 41.9 Å². The van der Waals surface area contributed by atoms with Crippen molar-refractivity contribution in [1.82, 2.24) is 10.3 Å². The molecule has 0 saturated heterocycles. The Morgan fingerprint density at radius 2 is 1.81 bits per heavy atom. The quantitative estimate of drug-likeness (QED) is 0.552. The number of halogens is 3. The van der Waals surface area contributed by atoms with Gasteiger partial charge in [0.15, 0.2) is 0 Å². The smallest absolute Gasteiger partial charge is 0.305 e. The van der Waals surface area contributed by atoms with Gasteiger partial charge in [0.25, 0.3) is 5.91 Å². The molecule has 1 amide bonds. The average Bonchev–Trinajstić information content (AvgIpc) is 2.74. The number of carboxylic acid groups (broad SMARTS) is 1. The molecule has 0 bridgehead atoms. The fourth-order valence-corrected chi connectivity index (χ4v) is 3.24. The van der Waals surface area contributed by atoms with Gasteiger partial charge in [0.2, 0.25) is 0 Å². The van der Waals surface area contributed by atoms with E-state index in [9.17, 15) is 23.5 Å². The summed E-state index contributed by atoms with van der Waals surface area (Å²) in [6.07, 6.45) is -0.536. The standard InChI is InChI=1S/C22H17ClF2N2O4/c1-31-18-10-9-16(26-21(18)13-6-4-8-15(25)20(13)23)22(30)27-17(11-19(28)29)12-5-2-3-7-14(12)24/h2-10,17H,11H2,1H3,(H,27,30)(H,28,29). The van der Waals surface area contributed by atoms with Crippen molar-refractivity contribution in [2.45, 2.75) is 12.5 Å². The van der Waals surface area contributed by atoms with Crippen molar-refractivity contribution >= 4 is 23.5 Å². The number of hydrogen-bond acceptors (Lipinski definition) is 4. The third kappa shape index (κ3) is 4.97. The van der Waals surface area contributed by atoms with Crippen LogP contribution in [0.5, 0.6) is 5.75 Å². The maximum absolute atomic E-state index is 14.2. The van der Waals surface area contributed by atoms with Crippen molar-refractivity contribution < 1.29 is 28.2 Å². The Bertz CT molecular complexity index is 1140. The lowest BCUT2D eigenvalue weighted by Gasteiger charge is -2.18. The van der Waals surface area contributed by atoms with Crippen molar-refractivity contribution in [3.8, 4) is 17.0 Å². The van der Waals surface area contributed by atoms with Crippen LogP contribution in [-0.2, 0) is 4.79 Å². The van der Waals surface area contributed by atoms with Crippen LogP contribution in [-0.4, -0.2) is 29.1 Å². The Balaban J connectivity index is 1.98. The van der Waals surface area contributed by atoms with E-state index in [1.807, 2.05) is 0 Å². The van der Waals surface area contributed by atoms with E-state index < -0.39 is 36.0 Å². The summed E-state index contributed by atoms with van der Waals surface area (Å²) in [6, 6.07) is 11.4. The van der Waals surface area contributed by atoms with Crippen LogP contribution in [0, 0.1) is 11.6 Å². The number of hydrogen-bond donors (Lipinski definition) is 2. The molecule has 6 nitrogen and oxygen atoms in total. The Kier molecular flexibility index (Phi) is 6.81. The predicted octanol–water partition coefficient (Wildman–Crippen LogP) is 4.63. The van der Waals surface area contributed by atoms with Crippen LogP contribution in [0.4, 0.5) is 8.78 Å². The van der Waals surface area contributed by atoms with Crippen molar-refractivity contribution in [2.75, 3.05) is 7.11 Å². The first kappa shape index (κ1) is 22.2. The van der Waals surface area contributed by atoms with Crippen LogP contribution in [0.1, 0.15) is 28.5 Å². The first-order valence-electron chi connectivity index (χ1n) is 9.08. The van der Waals surface area contributed by atoms with Gasteiger partial charge >= 0.3 is 5.97 Å². The molecule has 1 unspecified atom stereocenters. The molecule has 2 aromatic carbocycles. The SMILES string of the molecule is COc1ccc(C(=O)NC(CC(=O)O)c2ccccc2F)nc1-c1cccc(F)c1Cl. The summed E-state index contributed by atoms with van der Waals surface area (Å²) in [5.74, 6) is -3.03. The third-order valence-corrected chi connectivity index (χ3v) is 4.87. The highest BCUT2D eigenvalue weighted by Crippen LogP contribution is 2.34. The van der Waals surface area contributed by atoms with Gasteiger partial charge in [-0.15, -0.1) is 0 Å². The number of methoxy groups -OCH3 is 1. The van der Waals surface area contributed by atoms with Crippen LogP contribution in [0.25, 0.3) is 11.3 Å². The zero-order valence-electron chi connectivity index (χ0n) is 16.2. The maximum Gasteiger partial charge on any atom is 0.305 e. The average molecular weight is 447 g/mol. The fourth-order valence-electron chi connectivity index (χ4n) is 3.02. The summed E-state index contributed by atoms with van der Waals surface area (Å²) in [7, 11) is 1.38. The van der Waals surface area contributed by atoms with Gasteiger partial charge in [-0.05, 0) is 24.3 Å². The van der Waals surface area contributed by atoms with Crippen molar-refractivity contribution in [2.24, 2.45) is 0 Å². The molecule has 1 atom stereocenters. The molecule has 0 radical (unpaired) electrons. The maximum atomic E-state index is 14.2. The molecule has 0 aliphatic rings. The normalized spacial score (nSPS) is 11.6. The van der Waals surface area contributed by atoms with Gasteiger partial charge in [-0.2, -0.15) is 0 Å². The van der Waals surface area contributed by atoms with Gasteiger partial charge in [0.05, 0.1) is 24.6 Å². The number of ether oxygens (including phenoxy) is 1. The number of carbonyl (C=O) groups excluding carboxylic acids is 1. The minimum Gasteiger partial charge on any atom is -0.494 e. The molecule has 3 aromatic rings. The van der Waals surface area contributed by atoms with Gasteiger partial charge < -0.3 is 15.2 Å². The molecule has 0 aliphatic carbocycles. The van der Waals surface area contributed by atoms with Crippen LogP contribution in [0.2, 0.25) is 5.02 Å². The second kappa shape index (κ2) is 9.53. The number of carboxylic acids is 1. The molecule has 0 aliphatic heterocycles. The van der Waals surface area contributed by atoms with Gasteiger partial charge in [0, 0.05) is 11.1 Å². The topological polar surface area (TPSA) is 88.5 Å². The summed E-state index contributed by atoms with van der Waals surface area (Å²) in [5.41, 5.74) is 0.257. The summed E-state index contributed by atoms with van der Waals surface area (Å²) in [6.45, 7) is 0. The zero-order valence-corrected chi connectivity index (χ0v) is 17.0. The van der Waals surface area contributed by atoms with Crippen molar-refractivity contribution in [1.29, 1.82) is 0 Å². The van der Waals surface area contributed by atoms with Crippen molar-refractivity contribution in [3.05, 3.63) is 82.5 Å². The second-order valence-electron chi connectivity index (χ2n) is 6.49. The van der Waals surface area contributed by atoms with E-state index >= 15 is 0 Å². The largest absolute Gasteiger partial charge is 0.494 e. The van der Waals surface area contributed by atoms with Crippen LogP contribution < -0.4 is 10.1 Å². The van der Waals surface area contributed by atoms with Crippen molar-refractivity contribution in [3.63, 3.8) is 0 Å². The highest BCUT2D eigenvalue weighted by atomic mass is 35.5. The monoisotopic (exact) mass is 446 g/mol. The van der Waals surface area contributed by atoms with E-state index in [2.05, 4.69) is 10.3 Å². The number of aliphatic carboxylic acids is 1. The number of nitrogens with one attached hydrogen (secondary N) is 1. The third-order valence-electron chi connectivity index (χ3n) is 4.48. The lowest BCUT2D eigenvalue weighted by molar-refractivity contribution is -0.137. The molecule has 160 valence electrons. The van der Waals surface area contributed by atoms with E-state index in [-0.39, 0.29) is 33.3 Å². The molecule has 9 heteroatoms. The summed E-state index contributed by atoms with van der Waals surface area (Å²) >= 11 is 6.05. The van der Waals surface area contributed by atoms with E-state index in [1.54, 1.807) is 0 Å². The van der Waals surface area contributed by atoms with Crippen LogP contribution >= 0.6 is 11.6 Å². The Hall–Kier alpha value is -3.52. The lowest BCUT2D eigenvalue weighted by atomic mass is 10.0. The molecule has 0 fully saturated rings. The minimum atomic E-state index is -1.22. The molecular formula is C22H17ClF2N2O4. The van der Waals surface area contributed by atoms with E-state index in [4.69, 9.17) is 16.3 Å². The number of carbonyl (C=O) groups is 2.